The highest BCUT2D eigenvalue weighted by molar-refractivity contribution is 7.99. The van der Waals surface area contributed by atoms with Crippen molar-refractivity contribution < 1.29 is 19.2 Å². The second-order valence-electron chi connectivity index (χ2n) is 4.34. The average Bonchev–Trinajstić information content (AvgIpc) is 2.89. The van der Waals surface area contributed by atoms with E-state index in [2.05, 4.69) is 10.5 Å². The zero-order valence-electron chi connectivity index (χ0n) is 9.93. The molecule has 1 aliphatic rings. The van der Waals surface area contributed by atoms with Crippen molar-refractivity contribution >= 4 is 23.6 Å². The number of carbonyl (C=O) groups excluding carboxylic acids is 1. The first-order valence-corrected chi connectivity index (χ1v) is 6.72. The second-order valence-corrected chi connectivity index (χ2v) is 5.45. The van der Waals surface area contributed by atoms with Gasteiger partial charge >= 0.3 is 5.97 Å². The molecule has 0 aromatic carbocycles. The molecule has 1 aliphatic heterocycles. The number of aliphatic carboxylic acids is 1. The summed E-state index contributed by atoms with van der Waals surface area (Å²) >= 11 is 1.53. The van der Waals surface area contributed by atoms with E-state index in [1.807, 2.05) is 0 Å². The lowest BCUT2D eigenvalue weighted by molar-refractivity contribution is -0.146. The molecule has 0 bridgehead atoms. The van der Waals surface area contributed by atoms with Crippen LogP contribution in [0.15, 0.2) is 10.6 Å². The number of hydrogen-bond donors (Lipinski definition) is 2. The number of hydrogen-bond acceptors (Lipinski definition) is 5. The van der Waals surface area contributed by atoms with Gasteiger partial charge in [0.25, 0.3) is 0 Å². The van der Waals surface area contributed by atoms with E-state index in [0.717, 1.165) is 5.75 Å². The molecular formula is C11H14N2O4S. The number of carbonyl (C=O) groups is 2. The van der Waals surface area contributed by atoms with E-state index < -0.39 is 11.5 Å². The third kappa shape index (κ3) is 2.66. The number of carboxylic acids is 1. The highest BCUT2D eigenvalue weighted by Crippen LogP contribution is 2.28. The summed E-state index contributed by atoms with van der Waals surface area (Å²) in [5.41, 5.74) is -0.614. The SMILES string of the molecule is Cc1cc(CC(=O)NC2(C(=O)O)CCSC2)no1. The van der Waals surface area contributed by atoms with E-state index >= 15 is 0 Å². The summed E-state index contributed by atoms with van der Waals surface area (Å²) in [5.74, 6) is 0.467. The van der Waals surface area contributed by atoms with Crippen LogP contribution in [0.4, 0.5) is 0 Å². The Bertz CT molecular complexity index is 465. The first-order valence-electron chi connectivity index (χ1n) is 5.56. The molecule has 1 amide bonds. The average molecular weight is 270 g/mol. The van der Waals surface area contributed by atoms with Crippen molar-refractivity contribution in [1.82, 2.24) is 10.5 Å². The second kappa shape index (κ2) is 5.01. The van der Waals surface area contributed by atoms with Crippen LogP contribution in [0, 0.1) is 6.92 Å². The standard InChI is InChI=1S/C11H14N2O4S/c1-7-4-8(13-17-7)5-9(14)12-11(10(15)16)2-3-18-6-11/h4H,2-3,5-6H2,1H3,(H,12,14)(H,15,16). The molecule has 0 spiro atoms. The van der Waals surface area contributed by atoms with Crippen LogP contribution in [0.2, 0.25) is 0 Å². The van der Waals surface area contributed by atoms with Crippen molar-refractivity contribution in [2.75, 3.05) is 11.5 Å². The molecule has 0 radical (unpaired) electrons. The number of carboxylic acid groups (broad SMARTS) is 1. The molecule has 6 nitrogen and oxygen atoms in total. The molecule has 2 heterocycles. The van der Waals surface area contributed by atoms with Gasteiger partial charge in [0, 0.05) is 11.8 Å². The van der Waals surface area contributed by atoms with Gasteiger partial charge in [0.2, 0.25) is 5.91 Å². The lowest BCUT2D eigenvalue weighted by Gasteiger charge is -2.24. The van der Waals surface area contributed by atoms with Crippen molar-refractivity contribution in [2.45, 2.75) is 25.3 Å². The van der Waals surface area contributed by atoms with Crippen LogP contribution in [0.1, 0.15) is 17.9 Å². The molecule has 1 unspecified atom stereocenters. The largest absolute Gasteiger partial charge is 0.479 e. The lowest BCUT2D eigenvalue weighted by atomic mass is 9.99. The van der Waals surface area contributed by atoms with Gasteiger partial charge in [0.05, 0.1) is 12.1 Å². The Labute approximate surface area is 108 Å². The number of thioether (sulfide) groups is 1. The minimum Gasteiger partial charge on any atom is -0.479 e. The number of nitrogens with zero attached hydrogens (tertiary/aromatic N) is 1. The predicted molar refractivity (Wildman–Crippen MR) is 65.4 cm³/mol. The molecule has 2 rings (SSSR count). The third-order valence-electron chi connectivity index (χ3n) is 2.83. The smallest absolute Gasteiger partial charge is 0.330 e. The quantitative estimate of drug-likeness (QED) is 0.832. The maximum absolute atomic E-state index is 11.8. The van der Waals surface area contributed by atoms with E-state index in [9.17, 15) is 14.7 Å². The van der Waals surface area contributed by atoms with Crippen LogP contribution in [-0.4, -0.2) is 39.2 Å². The van der Waals surface area contributed by atoms with E-state index in [4.69, 9.17) is 4.52 Å². The molecule has 98 valence electrons. The zero-order chi connectivity index (χ0) is 13.2. The summed E-state index contributed by atoms with van der Waals surface area (Å²) in [4.78, 5) is 23.1. The predicted octanol–water partition coefficient (Wildman–Crippen LogP) is 0.602. The third-order valence-corrected chi connectivity index (χ3v) is 4.02. The van der Waals surface area contributed by atoms with Gasteiger partial charge in [-0.1, -0.05) is 5.16 Å². The summed E-state index contributed by atoms with van der Waals surface area (Å²) < 4.78 is 4.86. The minimum absolute atomic E-state index is 0.0387. The molecule has 1 aromatic heterocycles. The maximum atomic E-state index is 11.8. The van der Waals surface area contributed by atoms with Crippen LogP contribution >= 0.6 is 11.8 Å². The molecule has 1 saturated heterocycles. The normalized spacial score (nSPS) is 22.9. The first-order chi connectivity index (χ1) is 8.52. The van der Waals surface area contributed by atoms with Crippen LogP contribution in [-0.2, 0) is 16.0 Å². The van der Waals surface area contributed by atoms with Crippen molar-refractivity contribution in [3.05, 3.63) is 17.5 Å². The Kier molecular flexibility index (Phi) is 3.60. The molecule has 0 aliphatic carbocycles. The van der Waals surface area contributed by atoms with E-state index in [1.54, 1.807) is 13.0 Å². The number of amides is 1. The van der Waals surface area contributed by atoms with Gasteiger partial charge in [-0.2, -0.15) is 11.8 Å². The summed E-state index contributed by atoms with van der Waals surface area (Å²) in [6.07, 6.45) is 0.494. The summed E-state index contributed by atoms with van der Waals surface area (Å²) in [7, 11) is 0. The van der Waals surface area contributed by atoms with Crippen molar-refractivity contribution in [3.8, 4) is 0 Å². The van der Waals surface area contributed by atoms with E-state index in [1.165, 1.54) is 11.8 Å². The van der Waals surface area contributed by atoms with Crippen LogP contribution in [0.3, 0.4) is 0 Å². The van der Waals surface area contributed by atoms with E-state index in [0.29, 0.717) is 23.6 Å². The fraction of sp³-hybridized carbons (Fsp3) is 0.545. The number of nitrogens with one attached hydrogen (secondary N) is 1. The minimum atomic E-state index is -1.12. The van der Waals surface area contributed by atoms with Gasteiger partial charge in [-0.3, -0.25) is 4.79 Å². The Hall–Kier alpha value is -1.50. The molecule has 1 fully saturated rings. The van der Waals surface area contributed by atoms with Gasteiger partial charge < -0.3 is 14.9 Å². The van der Waals surface area contributed by atoms with Gasteiger partial charge in [0.1, 0.15) is 11.3 Å². The number of aryl methyl sites for hydroxylation is 1. The summed E-state index contributed by atoms with van der Waals surface area (Å²) in [5, 5.41) is 15.5. The lowest BCUT2D eigenvalue weighted by Crippen LogP contribution is -2.55. The molecule has 7 heteroatoms. The monoisotopic (exact) mass is 270 g/mol. The van der Waals surface area contributed by atoms with Crippen LogP contribution in [0.25, 0.3) is 0 Å². The van der Waals surface area contributed by atoms with E-state index in [-0.39, 0.29) is 12.3 Å². The Morgan fingerprint density at radius 1 is 1.67 bits per heavy atom. The Morgan fingerprint density at radius 3 is 2.94 bits per heavy atom. The first kappa shape index (κ1) is 12.9. The van der Waals surface area contributed by atoms with Crippen molar-refractivity contribution in [3.63, 3.8) is 0 Å². The number of rotatable bonds is 4. The summed E-state index contributed by atoms with van der Waals surface area (Å²) in [6, 6.07) is 1.66. The Balaban J connectivity index is 1.99. The van der Waals surface area contributed by atoms with Crippen molar-refractivity contribution in [1.29, 1.82) is 0 Å². The summed E-state index contributed by atoms with van der Waals surface area (Å²) in [6.45, 7) is 1.74. The van der Waals surface area contributed by atoms with Gasteiger partial charge in [-0.25, -0.2) is 4.79 Å². The molecule has 1 aromatic rings. The maximum Gasteiger partial charge on any atom is 0.330 e. The van der Waals surface area contributed by atoms with Gasteiger partial charge in [0.15, 0.2) is 0 Å². The van der Waals surface area contributed by atoms with Crippen molar-refractivity contribution in [2.24, 2.45) is 0 Å². The molecule has 0 saturated carbocycles. The highest BCUT2D eigenvalue weighted by atomic mass is 32.2. The van der Waals surface area contributed by atoms with Crippen LogP contribution < -0.4 is 5.32 Å². The molecule has 2 N–H and O–H groups in total. The van der Waals surface area contributed by atoms with Gasteiger partial charge in [-0.05, 0) is 19.1 Å². The Morgan fingerprint density at radius 2 is 2.44 bits per heavy atom. The topological polar surface area (TPSA) is 92.4 Å². The highest BCUT2D eigenvalue weighted by Gasteiger charge is 2.43. The fourth-order valence-electron chi connectivity index (χ4n) is 1.86. The van der Waals surface area contributed by atoms with Crippen LogP contribution in [0.5, 0.6) is 0 Å². The zero-order valence-corrected chi connectivity index (χ0v) is 10.7. The van der Waals surface area contributed by atoms with Gasteiger partial charge in [-0.15, -0.1) is 0 Å². The molecule has 1 atom stereocenters. The molecule has 18 heavy (non-hydrogen) atoms. The fourth-order valence-corrected chi connectivity index (χ4v) is 3.19. The molecular weight excluding hydrogens is 256 g/mol. The number of aromatic nitrogens is 1.